The fraction of sp³-hybridized carbons (Fsp3) is 0.400. The fourth-order valence-corrected chi connectivity index (χ4v) is 3.66. The molecule has 1 atom stereocenters. The third-order valence-electron chi connectivity index (χ3n) is 5.27. The lowest BCUT2D eigenvalue weighted by Crippen LogP contribution is -2.40. The standard InChI is InChI=1S/C20H24N6O/c1-14(25-11-3-4-12-25)13-22-20(27)18-15(2)26(24-23-18)17-9-5-7-16-8-6-10-21-19(16)17/h5-10,14H,3-4,11-13H2,1-2H3,(H,22,27)/t14-/m1/s1. The van der Waals surface area contributed by atoms with Gasteiger partial charge in [-0.3, -0.25) is 14.7 Å². The van der Waals surface area contributed by atoms with Crippen LogP contribution in [0.15, 0.2) is 36.5 Å². The first-order valence-electron chi connectivity index (χ1n) is 9.44. The Hall–Kier alpha value is -2.80. The molecule has 27 heavy (non-hydrogen) atoms. The molecule has 1 aromatic carbocycles. The molecule has 1 aliphatic rings. The van der Waals surface area contributed by atoms with E-state index in [0.717, 1.165) is 29.7 Å². The first-order chi connectivity index (χ1) is 13.1. The number of nitrogens with zero attached hydrogens (tertiary/aromatic N) is 5. The second-order valence-corrected chi connectivity index (χ2v) is 7.09. The predicted octanol–water partition coefficient (Wildman–Crippen LogP) is 2.34. The smallest absolute Gasteiger partial charge is 0.273 e. The number of carbonyl (C=O) groups is 1. The molecule has 0 unspecified atom stereocenters. The summed E-state index contributed by atoms with van der Waals surface area (Å²) in [4.78, 5) is 19.5. The highest BCUT2D eigenvalue weighted by molar-refractivity contribution is 5.93. The number of amides is 1. The Balaban J connectivity index is 1.54. The van der Waals surface area contributed by atoms with Crippen LogP contribution in [-0.4, -0.2) is 56.5 Å². The van der Waals surface area contributed by atoms with Crippen molar-refractivity contribution >= 4 is 16.8 Å². The van der Waals surface area contributed by atoms with Crippen LogP contribution in [0.2, 0.25) is 0 Å². The average Bonchev–Trinajstić information content (AvgIpc) is 3.35. The first kappa shape index (κ1) is 17.6. The van der Waals surface area contributed by atoms with Gasteiger partial charge in [-0.25, -0.2) is 4.68 Å². The van der Waals surface area contributed by atoms with Gasteiger partial charge in [-0.15, -0.1) is 5.10 Å². The van der Waals surface area contributed by atoms with E-state index in [2.05, 4.69) is 32.4 Å². The Labute approximate surface area is 158 Å². The molecule has 0 bridgehead atoms. The van der Waals surface area contributed by atoms with Gasteiger partial charge in [0.25, 0.3) is 5.91 Å². The number of nitrogens with one attached hydrogen (secondary N) is 1. The number of fused-ring (bicyclic) bond motifs is 1. The second kappa shape index (κ2) is 7.44. The number of hydrogen-bond acceptors (Lipinski definition) is 5. The number of benzene rings is 1. The Morgan fingerprint density at radius 3 is 2.81 bits per heavy atom. The van der Waals surface area contributed by atoms with E-state index in [4.69, 9.17) is 0 Å². The van der Waals surface area contributed by atoms with Crippen LogP contribution in [-0.2, 0) is 0 Å². The Bertz CT molecular complexity index is 955. The van der Waals surface area contributed by atoms with Crippen LogP contribution >= 0.6 is 0 Å². The lowest BCUT2D eigenvalue weighted by Gasteiger charge is -2.23. The minimum atomic E-state index is -0.182. The summed E-state index contributed by atoms with van der Waals surface area (Å²) < 4.78 is 1.69. The van der Waals surface area contributed by atoms with E-state index in [-0.39, 0.29) is 5.91 Å². The Morgan fingerprint density at radius 1 is 1.22 bits per heavy atom. The van der Waals surface area contributed by atoms with Crippen molar-refractivity contribution in [1.82, 2.24) is 30.2 Å². The summed E-state index contributed by atoms with van der Waals surface area (Å²) in [7, 11) is 0. The van der Waals surface area contributed by atoms with Crippen LogP contribution in [0.25, 0.3) is 16.6 Å². The van der Waals surface area contributed by atoms with Crippen LogP contribution in [0.1, 0.15) is 35.9 Å². The van der Waals surface area contributed by atoms with Crippen molar-refractivity contribution in [2.45, 2.75) is 32.7 Å². The number of para-hydroxylation sites is 1. The molecule has 2 aromatic heterocycles. The van der Waals surface area contributed by atoms with Gasteiger partial charge in [-0.1, -0.05) is 23.4 Å². The summed E-state index contributed by atoms with van der Waals surface area (Å²) in [6.45, 7) is 6.85. The molecule has 0 saturated carbocycles. The summed E-state index contributed by atoms with van der Waals surface area (Å²) >= 11 is 0. The second-order valence-electron chi connectivity index (χ2n) is 7.09. The van der Waals surface area contributed by atoms with Gasteiger partial charge < -0.3 is 5.32 Å². The maximum Gasteiger partial charge on any atom is 0.273 e. The molecule has 1 fully saturated rings. The first-order valence-corrected chi connectivity index (χ1v) is 9.44. The van der Waals surface area contributed by atoms with E-state index in [1.807, 2.05) is 37.3 Å². The summed E-state index contributed by atoms with van der Waals surface area (Å²) in [6.07, 6.45) is 4.24. The number of rotatable bonds is 5. The molecular weight excluding hydrogens is 340 g/mol. The molecule has 4 rings (SSSR count). The maximum atomic E-state index is 12.6. The fourth-order valence-electron chi connectivity index (χ4n) is 3.66. The zero-order valence-electron chi connectivity index (χ0n) is 15.7. The molecule has 3 aromatic rings. The van der Waals surface area contributed by atoms with Gasteiger partial charge in [-0.2, -0.15) is 0 Å². The van der Waals surface area contributed by atoms with Crippen molar-refractivity contribution in [2.75, 3.05) is 19.6 Å². The largest absolute Gasteiger partial charge is 0.349 e. The summed E-state index contributed by atoms with van der Waals surface area (Å²) in [5.41, 5.74) is 2.72. The molecule has 7 heteroatoms. The molecular formula is C20H24N6O. The van der Waals surface area contributed by atoms with Crippen molar-refractivity contribution < 1.29 is 4.79 Å². The van der Waals surface area contributed by atoms with Crippen LogP contribution in [0.5, 0.6) is 0 Å². The minimum absolute atomic E-state index is 0.182. The number of hydrogen-bond donors (Lipinski definition) is 1. The van der Waals surface area contributed by atoms with Gasteiger partial charge in [0.2, 0.25) is 0 Å². The highest BCUT2D eigenvalue weighted by Gasteiger charge is 2.21. The van der Waals surface area contributed by atoms with E-state index < -0.39 is 0 Å². The van der Waals surface area contributed by atoms with Crippen molar-refractivity contribution in [2.24, 2.45) is 0 Å². The SMILES string of the molecule is Cc1c(C(=O)NC[C@@H](C)N2CCCC2)nnn1-c1cccc2cccnc12. The van der Waals surface area contributed by atoms with Crippen LogP contribution in [0.4, 0.5) is 0 Å². The molecule has 0 aliphatic carbocycles. The molecule has 7 nitrogen and oxygen atoms in total. The van der Waals surface area contributed by atoms with E-state index in [1.54, 1.807) is 10.9 Å². The third-order valence-corrected chi connectivity index (χ3v) is 5.27. The Kier molecular flexibility index (Phi) is 4.85. The number of likely N-dealkylation sites (tertiary alicyclic amines) is 1. The van der Waals surface area contributed by atoms with E-state index in [0.29, 0.717) is 24.0 Å². The van der Waals surface area contributed by atoms with E-state index >= 15 is 0 Å². The van der Waals surface area contributed by atoms with E-state index in [1.165, 1.54) is 12.8 Å². The van der Waals surface area contributed by atoms with Crippen molar-refractivity contribution in [3.63, 3.8) is 0 Å². The summed E-state index contributed by atoms with van der Waals surface area (Å²) in [5, 5.41) is 12.4. The number of aromatic nitrogens is 4. The van der Waals surface area contributed by atoms with Gasteiger partial charge in [0.15, 0.2) is 5.69 Å². The van der Waals surface area contributed by atoms with Gasteiger partial charge >= 0.3 is 0 Å². The van der Waals surface area contributed by atoms with Gasteiger partial charge in [-0.05, 0) is 51.9 Å². The normalized spacial score (nSPS) is 15.9. The van der Waals surface area contributed by atoms with Gasteiger partial charge in [0.1, 0.15) is 0 Å². The zero-order chi connectivity index (χ0) is 18.8. The average molecular weight is 364 g/mol. The van der Waals surface area contributed by atoms with Crippen molar-refractivity contribution in [3.05, 3.63) is 47.9 Å². The third kappa shape index (κ3) is 3.42. The molecule has 140 valence electrons. The lowest BCUT2D eigenvalue weighted by molar-refractivity contribution is 0.0934. The topological polar surface area (TPSA) is 75.9 Å². The molecule has 0 spiro atoms. The predicted molar refractivity (Wildman–Crippen MR) is 104 cm³/mol. The maximum absolute atomic E-state index is 12.6. The van der Waals surface area contributed by atoms with Crippen LogP contribution < -0.4 is 5.32 Å². The van der Waals surface area contributed by atoms with E-state index in [9.17, 15) is 4.79 Å². The van der Waals surface area contributed by atoms with Gasteiger partial charge in [0.05, 0.1) is 16.9 Å². The quantitative estimate of drug-likeness (QED) is 0.752. The molecule has 1 N–H and O–H groups in total. The molecule has 1 amide bonds. The summed E-state index contributed by atoms with van der Waals surface area (Å²) in [6, 6.07) is 10.1. The number of pyridine rings is 1. The Morgan fingerprint density at radius 2 is 2.00 bits per heavy atom. The van der Waals surface area contributed by atoms with Crippen LogP contribution in [0.3, 0.4) is 0 Å². The highest BCUT2D eigenvalue weighted by atomic mass is 16.2. The highest BCUT2D eigenvalue weighted by Crippen LogP contribution is 2.21. The monoisotopic (exact) mass is 364 g/mol. The molecule has 0 radical (unpaired) electrons. The zero-order valence-corrected chi connectivity index (χ0v) is 15.7. The van der Waals surface area contributed by atoms with Crippen molar-refractivity contribution in [3.8, 4) is 5.69 Å². The molecule has 3 heterocycles. The lowest BCUT2D eigenvalue weighted by atomic mass is 10.2. The molecule has 1 saturated heterocycles. The van der Waals surface area contributed by atoms with Gasteiger partial charge in [0, 0.05) is 24.2 Å². The minimum Gasteiger partial charge on any atom is -0.349 e. The molecule has 1 aliphatic heterocycles. The van der Waals surface area contributed by atoms with Crippen LogP contribution in [0, 0.1) is 6.92 Å². The van der Waals surface area contributed by atoms with Crippen molar-refractivity contribution in [1.29, 1.82) is 0 Å². The summed E-state index contributed by atoms with van der Waals surface area (Å²) in [5.74, 6) is -0.182. The number of carbonyl (C=O) groups excluding carboxylic acids is 1.